The molecular formula is C23H20ClF4NO3S. The minimum Gasteiger partial charge on any atom is -0.486 e. The summed E-state index contributed by atoms with van der Waals surface area (Å²) in [5, 5.41) is 0.434. The van der Waals surface area contributed by atoms with Crippen molar-refractivity contribution in [1.82, 2.24) is 4.37 Å². The molecule has 0 N–H and O–H groups in total. The fourth-order valence-electron chi connectivity index (χ4n) is 3.20. The molecule has 1 heterocycles. The molecule has 0 spiro atoms. The average Bonchev–Trinajstić information content (AvgIpc) is 3.18. The summed E-state index contributed by atoms with van der Waals surface area (Å²) in [6.45, 7) is 3.13. The topological polar surface area (TPSA) is 48.4 Å². The summed E-state index contributed by atoms with van der Waals surface area (Å²) in [5.74, 6) is -1.31. The quantitative estimate of drug-likeness (QED) is 0.246. The molecule has 0 atom stereocenters. The lowest BCUT2D eigenvalue weighted by Crippen LogP contribution is -2.09. The minimum absolute atomic E-state index is 0.0916. The van der Waals surface area contributed by atoms with E-state index >= 15 is 0 Å². The molecule has 3 rings (SSSR count). The zero-order valence-electron chi connectivity index (χ0n) is 17.8. The summed E-state index contributed by atoms with van der Waals surface area (Å²) < 4.78 is 69.6. The molecule has 0 fully saturated rings. The number of carbonyl (C=O) groups excluding carboxylic acids is 1. The maximum absolute atomic E-state index is 14.6. The van der Waals surface area contributed by atoms with Crippen LogP contribution in [0.15, 0.2) is 36.4 Å². The van der Waals surface area contributed by atoms with Gasteiger partial charge in [0.2, 0.25) is 0 Å². The Bertz CT molecular complexity index is 1130. The standard InChI is InChI=1S/C23H20ClF4NO3S/c1-3-31-20(30)9-6-15-11-18(25)19(10-13(15)2)32-12-17-21(14-4-7-16(24)8-5-14)29-33-22(17)23(26,27)28/h4-5,7-8,10-11H,3,6,9,12H2,1-2H3. The van der Waals surface area contributed by atoms with Crippen LogP contribution in [0.4, 0.5) is 17.6 Å². The van der Waals surface area contributed by atoms with Crippen LogP contribution < -0.4 is 4.74 Å². The van der Waals surface area contributed by atoms with Gasteiger partial charge >= 0.3 is 12.1 Å². The first-order valence-corrected chi connectivity index (χ1v) is 11.1. The Morgan fingerprint density at radius 1 is 1.18 bits per heavy atom. The number of nitrogens with zero attached hydrogens (tertiary/aromatic N) is 1. The number of hydrogen-bond donors (Lipinski definition) is 0. The van der Waals surface area contributed by atoms with Crippen molar-refractivity contribution >= 4 is 29.1 Å². The Kier molecular flexibility index (Phi) is 7.97. The zero-order valence-corrected chi connectivity index (χ0v) is 19.3. The van der Waals surface area contributed by atoms with Gasteiger partial charge in [0.1, 0.15) is 11.5 Å². The van der Waals surface area contributed by atoms with Crippen molar-refractivity contribution in [2.24, 2.45) is 0 Å². The van der Waals surface area contributed by atoms with Crippen molar-refractivity contribution in [2.75, 3.05) is 6.61 Å². The third-order valence-electron chi connectivity index (χ3n) is 4.83. The molecule has 1 aromatic heterocycles. The van der Waals surface area contributed by atoms with Crippen LogP contribution in [0.5, 0.6) is 5.75 Å². The highest BCUT2D eigenvalue weighted by molar-refractivity contribution is 7.06. The first-order valence-electron chi connectivity index (χ1n) is 9.99. The van der Waals surface area contributed by atoms with E-state index in [-0.39, 0.29) is 36.5 Å². The predicted octanol–water partition coefficient (Wildman–Crippen LogP) is 7.00. The number of alkyl halides is 3. The van der Waals surface area contributed by atoms with Crippen molar-refractivity contribution in [3.63, 3.8) is 0 Å². The minimum atomic E-state index is -4.63. The van der Waals surface area contributed by atoms with Gasteiger partial charge in [0.05, 0.1) is 12.3 Å². The molecule has 2 aromatic carbocycles. The molecule has 0 aliphatic carbocycles. The van der Waals surface area contributed by atoms with Gasteiger partial charge in [-0.3, -0.25) is 4.79 Å². The van der Waals surface area contributed by atoms with E-state index in [1.165, 1.54) is 12.1 Å². The van der Waals surface area contributed by atoms with E-state index in [1.54, 1.807) is 38.1 Å². The van der Waals surface area contributed by atoms with Gasteiger partial charge < -0.3 is 9.47 Å². The molecule has 4 nitrogen and oxygen atoms in total. The smallest absolute Gasteiger partial charge is 0.427 e. The van der Waals surface area contributed by atoms with Crippen LogP contribution in [-0.2, 0) is 28.7 Å². The van der Waals surface area contributed by atoms with Crippen LogP contribution in [-0.4, -0.2) is 16.9 Å². The highest BCUT2D eigenvalue weighted by Gasteiger charge is 2.38. The van der Waals surface area contributed by atoms with E-state index in [2.05, 4.69) is 4.37 Å². The summed E-state index contributed by atoms with van der Waals surface area (Å²) in [6, 6.07) is 8.85. The van der Waals surface area contributed by atoms with Crippen LogP contribution in [0, 0.1) is 12.7 Å². The normalized spacial score (nSPS) is 11.5. The Morgan fingerprint density at radius 2 is 1.88 bits per heavy atom. The molecule has 0 unspecified atom stereocenters. The van der Waals surface area contributed by atoms with E-state index < -0.39 is 29.4 Å². The predicted molar refractivity (Wildman–Crippen MR) is 118 cm³/mol. The Hall–Kier alpha value is -2.65. The average molecular weight is 502 g/mol. The molecule has 0 bridgehead atoms. The van der Waals surface area contributed by atoms with E-state index in [9.17, 15) is 22.4 Å². The van der Waals surface area contributed by atoms with Crippen LogP contribution >= 0.6 is 23.1 Å². The lowest BCUT2D eigenvalue weighted by molar-refractivity contribution is -0.143. The monoisotopic (exact) mass is 501 g/mol. The summed E-state index contributed by atoms with van der Waals surface area (Å²) in [6.07, 6.45) is -4.27. The van der Waals surface area contributed by atoms with Gasteiger partial charge in [0, 0.05) is 22.6 Å². The van der Waals surface area contributed by atoms with E-state index in [0.717, 1.165) is 0 Å². The second kappa shape index (κ2) is 10.5. The first-order chi connectivity index (χ1) is 15.6. The summed E-state index contributed by atoms with van der Waals surface area (Å²) in [7, 11) is 0. The van der Waals surface area contributed by atoms with Crippen LogP contribution in [0.1, 0.15) is 34.9 Å². The molecule has 0 aliphatic heterocycles. The second-order valence-corrected chi connectivity index (χ2v) is 8.36. The molecule has 3 aromatic rings. The third-order valence-corrected chi connectivity index (χ3v) is 6.02. The molecule has 10 heteroatoms. The number of aromatic nitrogens is 1. The maximum Gasteiger partial charge on any atom is 0.427 e. The summed E-state index contributed by atoms with van der Waals surface area (Å²) in [5.41, 5.74) is 1.59. The summed E-state index contributed by atoms with van der Waals surface area (Å²) >= 11 is 6.18. The number of halogens is 5. The van der Waals surface area contributed by atoms with Crippen molar-refractivity contribution in [1.29, 1.82) is 0 Å². The van der Waals surface area contributed by atoms with Crippen molar-refractivity contribution in [3.8, 4) is 17.0 Å². The number of ether oxygens (including phenoxy) is 2. The van der Waals surface area contributed by atoms with Gasteiger partial charge in [-0.1, -0.05) is 23.7 Å². The van der Waals surface area contributed by atoms with Gasteiger partial charge in [-0.25, -0.2) is 4.39 Å². The molecule has 33 heavy (non-hydrogen) atoms. The largest absolute Gasteiger partial charge is 0.486 e. The highest BCUT2D eigenvalue weighted by atomic mass is 35.5. The van der Waals surface area contributed by atoms with Crippen molar-refractivity contribution < 1.29 is 31.8 Å². The molecule has 0 amide bonds. The number of rotatable bonds is 8. The third kappa shape index (κ3) is 6.23. The lowest BCUT2D eigenvalue weighted by atomic mass is 10.0. The maximum atomic E-state index is 14.6. The fraction of sp³-hybridized carbons (Fsp3) is 0.304. The van der Waals surface area contributed by atoms with E-state index in [1.807, 2.05) is 0 Å². The highest BCUT2D eigenvalue weighted by Crippen LogP contribution is 2.40. The van der Waals surface area contributed by atoms with Gasteiger partial charge in [-0.2, -0.15) is 17.5 Å². The van der Waals surface area contributed by atoms with Gasteiger partial charge in [0.25, 0.3) is 0 Å². The molecule has 0 aliphatic rings. The Labute approximate surface area is 197 Å². The van der Waals surface area contributed by atoms with Gasteiger partial charge in [0.15, 0.2) is 11.6 Å². The number of hydrogen-bond acceptors (Lipinski definition) is 5. The van der Waals surface area contributed by atoms with Gasteiger partial charge in [-0.15, -0.1) is 0 Å². The zero-order chi connectivity index (χ0) is 24.2. The van der Waals surface area contributed by atoms with E-state index in [0.29, 0.717) is 33.2 Å². The molecule has 0 saturated carbocycles. The number of aryl methyl sites for hydroxylation is 2. The Balaban J connectivity index is 1.84. The van der Waals surface area contributed by atoms with Crippen LogP contribution in [0.25, 0.3) is 11.3 Å². The fourth-order valence-corrected chi connectivity index (χ4v) is 4.09. The summed E-state index contributed by atoms with van der Waals surface area (Å²) in [4.78, 5) is 10.6. The molecule has 176 valence electrons. The van der Waals surface area contributed by atoms with Crippen LogP contribution in [0.3, 0.4) is 0 Å². The number of benzene rings is 2. The lowest BCUT2D eigenvalue weighted by Gasteiger charge is -2.13. The van der Waals surface area contributed by atoms with Crippen LogP contribution in [0.2, 0.25) is 5.02 Å². The Morgan fingerprint density at radius 3 is 2.52 bits per heavy atom. The van der Waals surface area contributed by atoms with Crippen molar-refractivity contribution in [3.05, 3.63) is 68.8 Å². The second-order valence-electron chi connectivity index (χ2n) is 7.15. The van der Waals surface area contributed by atoms with Gasteiger partial charge in [-0.05, 0) is 67.2 Å². The number of esters is 1. The molecule has 0 radical (unpaired) electrons. The van der Waals surface area contributed by atoms with Crippen molar-refractivity contribution in [2.45, 2.75) is 39.5 Å². The number of carbonyl (C=O) groups is 1. The molecular weight excluding hydrogens is 482 g/mol. The molecule has 0 saturated heterocycles. The SMILES string of the molecule is CCOC(=O)CCc1cc(F)c(OCc2c(-c3ccc(Cl)cc3)nsc2C(F)(F)F)cc1C. The van der Waals surface area contributed by atoms with E-state index in [4.69, 9.17) is 21.1 Å². The first kappa shape index (κ1) is 25.0.